The van der Waals surface area contributed by atoms with E-state index in [1.807, 2.05) is 18.3 Å². The van der Waals surface area contributed by atoms with Crippen molar-refractivity contribution in [2.24, 2.45) is 0 Å². The van der Waals surface area contributed by atoms with Crippen LogP contribution in [0.5, 0.6) is 11.5 Å². The molecule has 1 saturated carbocycles. The first-order chi connectivity index (χ1) is 13.6. The van der Waals surface area contributed by atoms with Crippen LogP contribution in [0.1, 0.15) is 48.7 Å². The van der Waals surface area contributed by atoms with Crippen LogP contribution in [0.2, 0.25) is 0 Å². The zero-order valence-electron chi connectivity index (χ0n) is 16.2. The van der Waals surface area contributed by atoms with Crippen LogP contribution in [0.4, 0.5) is 4.39 Å². The molecule has 1 N–H and O–H groups in total. The number of aromatic amines is 1. The van der Waals surface area contributed by atoms with Gasteiger partial charge in [-0.2, -0.15) is 0 Å². The van der Waals surface area contributed by atoms with Crippen LogP contribution in [0.3, 0.4) is 0 Å². The van der Waals surface area contributed by atoms with Crippen LogP contribution >= 0.6 is 0 Å². The Balaban J connectivity index is 1.51. The SMILES string of the molecule is COc1cc(OCc2ncc(C)cc2F)ccc1-c1cnc(C2CCCC2)[nH]1. The molecule has 2 aromatic heterocycles. The summed E-state index contributed by atoms with van der Waals surface area (Å²) in [5, 5.41) is 0. The molecule has 1 aliphatic carbocycles. The number of nitrogens with one attached hydrogen (secondary N) is 1. The number of methoxy groups -OCH3 is 1. The summed E-state index contributed by atoms with van der Waals surface area (Å²) in [5.41, 5.74) is 2.91. The number of imidazole rings is 1. The molecule has 0 amide bonds. The molecule has 4 rings (SSSR count). The van der Waals surface area contributed by atoms with Crippen molar-refractivity contribution in [2.45, 2.75) is 45.1 Å². The Morgan fingerprint density at radius 1 is 1.14 bits per heavy atom. The minimum Gasteiger partial charge on any atom is -0.496 e. The van der Waals surface area contributed by atoms with Gasteiger partial charge in [0.15, 0.2) is 0 Å². The van der Waals surface area contributed by atoms with Crippen molar-refractivity contribution in [3.8, 4) is 22.8 Å². The zero-order valence-corrected chi connectivity index (χ0v) is 16.2. The predicted octanol–water partition coefficient (Wildman–Crippen LogP) is 5.16. The van der Waals surface area contributed by atoms with E-state index in [1.165, 1.54) is 31.7 Å². The molecule has 6 heteroatoms. The van der Waals surface area contributed by atoms with Gasteiger partial charge < -0.3 is 14.5 Å². The van der Waals surface area contributed by atoms with Crippen molar-refractivity contribution in [1.29, 1.82) is 0 Å². The summed E-state index contributed by atoms with van der Waals surface area (Å²) in [6.45, 7) is 1.86. The van der Waals surface area contributed by atoms with Gasteiger partial charge in [-0.1, -0.05) is 12.8 Å². The zero-order chi connectivity index (χ0) is 19.5. The standard InChI is InChI=1S/C22H24FN3O2/c1-14-9-18(23)20(24-11-14)13-28-16-7-8-17(21(10-16)27-2)19-12-25-22(26-19)15-5-3-4-6-15/h7-12,15H,3-6,13H2,1-2H3,(H,25,26). The van der Waals surface area contributed by atoms with E-state index in [9.17, 15) is 4.39 Å². The molecule has 2 heterocycles. The van der Waals surface area contributed by atoms with Gasteiger partial charge in [-0.05, 0) is 43.5 Å². The molecule has 0 saturated heterocycles. The lowest BCUT2D eigenvalue weighted by Gasteiger charge is -2.11. The summed E-state index contributed by atoms with van der Waals surface area (Å²) < 4.78 is 25.2. The molecule has 0 atom stereocenters. The molecule has 3 aromatic rings. The van der Waals surface area contributed by atoms with E-state index in [-0.39, 0.29) is 18.1 Å². The highest BCUT2D eigenvalue weighted by Gasteiger charge is 2.21. The van der Waals surface area contributed by atoms with Gasteiger partial charge in [0.1, 0.15) is 35.4 Å². The normalized spacial score (nSPS) is 14.4. The number of aromatic nitrogens is 3. The fourth-order valence-corrected chi connectivity index (χ4v) is 3.68. The quantitative estimate of drug-likeness (QED) is 0.640. The van der Waals surface area contributed by atoms with Crippen LogP contribution in [-0.2, 0) is 6.61 Å². The van der Waals surface area contributed by atoms with Crippen molar-refractivity contribution in [2.75, 3.05) is 7.11 Å². The van der Waals surface area contributed by atoms with Crippen molar-refractivity contribution < 1.29 is 13.9 Å². The maximum atomic E-state index is 13.9. The molecule has 1 aromatic carbocycles. The van der Waals surface area contributed by atoms with Crippen LogP contribution in [0.15, 0.2) is 36.7 Å². The van der Waals surface area contributed by atoms with Crippen molar-refractivity contribution >= 4 is 0 Å². The van der Waals surface area contributed by atoms with Crippen LogP contribution in [0, 0.1) is 12.7 Å². The first-order valence-electron chi connectivity index (χ1n) is 9.61. The average Bonchev–Trinajstić information content (AvgIpc) is 3.39. The number of rotatable bonds is 6. The van der Waals surface area contributed by atoms with Gasteiger partial charge >= 0.3 is 0 Å². The number of halogens is 1. The highest BCUT2D eigenvalue weighted by molar-refractivity contribution is 5.68. The molecule has 1 fully saturated rings. The van der Waals surface area contributed by atoms with Crippen molar-refractivity contribution in [3.05, 3.63) is 59.6 Å². The van der Waals surface area contributed by atoms with Gasteiger partial charge in [-0.3, -0.25) is 4.98 Å². The highest BCUT2D eigenvalue weighted by atomic mass is 19.1. The van der Waals surface area contributed by atoms with E-state index in [0.29, 0.717) is 17.4 Å². The molecule has 146 valence electrons. The summed E-state index contributed by atoms with van der Waals surface area (Å²) >= 11 is 0. The molecule has 0 unspecified atom stereocenters. The molecule has 5 nitrogen and oxygen atoms in total. The Morgan fingerprint density at radius 2 is 1.96 bits per heavy atom. The van der Waals surface area contributed by atoms with Gasteiger partial charge in [-0.15, -0.1) is 0 Å². The highest BCUT2D eigenvalue weighted by Crippen LogP contribution is 2.36. The average molecular weight is 381 g/mol. The van der Waals surface area contributed by atoms with E-state index < -0.39 is 0 Å². The maximum absolute atomic E-state index is 13.9. The Labute approximate surface area is 164 Å². The van der Waals surface area contributed by atoms with E-state index >= 15 is 0 Å². The largest absolute Gasteiger partial charge is 0.496 e. The maximum Gasteiger partial charge on any atom is 0.148 e. The molecule has 0 spiro atoms. The van der Waals surface area contributed by atoms with Crippen molar-refractivity contribution in [1.82, 2.24) is 15.0 Å². The number of aryl methyl sites for hydroxylation is 1. The van der Waals surface area contributed by atoms with E-state index in [1.54, 1.807) is 26.3 Å². The van der Waals surface area contributed by atoms with Crippen molar-refractivity contribution in [3.63, 3.8) is 0 Å². The number of ether oxygens (including phenoxy) is 2. The van der Waals surface area contributed by atoms with Gasteiger partial charge in [-0.25, -0.2) is 9.37 Å². The number of pyridine rings is 1. The third-order valence-corrected chi connectivity index (χ3v) is 5.23. The fourth-order valence-electron chi connectivity index (χ4n) is 3.68. The Bertz CT molecular complexity index is 964. The molecule has 0 aliphatic heterocycles. The predicted molar refractivity (Wildman–Crippen MR) is 105 cm³/mol. The van der Waals surface area contributed by atoms with E-state index in [4.69, 9.17) is 9.47 Å². The third-order valence-electron chi connectivity index (χ3n) is 5.23. The lowest BCUT2D eigenvalue weighted by atomic mass is 10.1. The second kappa shape index (κ2) is 8.00. The number of hydrogen-bond acceptors (Lipinski definition) is 4. The van der Waals surface area contributed by atoms with Crippen LogP contribution in [-0.4, -0.2) is 22.1 Å². The number of nitrogens with zero attached hydrogens (tertiary/aromatic N) is 2. The molecule has 0 radical (unpaired) electrons. The monoisotopic (exact) mass is 381 g/mol. The second-order valence-electron chi connectivity index (χ2n) is 7.26. The smallest absolute Gasteiger partial charge is 0.148 e. The summed E-state index contributed by atoms with van der Waals surface area (Å²) in [7, 11) is 1.62. The molecule has 28 heavy (non-hydrogen) atoms. The van der Waals surface area contributed by atoms with Gasteiger partial charge in [0.05, 0.1) is 19.0 Å². The summed E-state index contributed by atoms with van der Waals surface area (Å²) in [4.78, 5) is 12.1. The second-order valence-corrected chi connectivity index (χ2v) is 7.26. The molecular formula is C22H24FN3O2. The summed E-state index contributed by atoms with van der Waals surface area (Å²) in [5.74, 6) is 2.49. The Morgan fingerprint density at radius 3 is 2.71 bits per heavy atom. The lowest BCUT2D eigenvalue weighted by Crippen LogP contribution is -2.02. The van der Waals surface area contributed by atoms with E-state index in [0.717, 1.165) is 22.6 Å². The summed E-state index contributed by atoms with van der Waals surface area (Å²) in [6, 6.07) is 7.03. The molecule has 1 aliphatic rings. The van der Waals surface area contributed by atoms with E-state index in [2.05, 4.69) is 15.0 Å². The number of H-pyrrole nitrogens is 1. The molecular weight excluding hydrogens is 357 g/mol. The minimum atomic E-state index is -0.361. The first-order valence-corrected chi connectivity index (χ1v) is 9.61. The fraction of sp³-hybridized carbons (Fsp3) is 0.364. The number of hydrogen-bond donors (Lipinski definition) is 1. The minimum absolute atomic E-state index is 0.0600. The molecule has 0 bridgehead atoms. The Kier molecular flexibility index (Phi) is 5.28. The number of benzene rings is 1. The lowest BCUT2D eigenvalue weighted by molar-refractivity contribution is 0.292. The van der Waals surface area contributed by atoms with Crippen LogP contribution in [0.25, 0.3) is 11.3 Å². The Hall–Kier alpha value is -2.89. The van der Waals surface area contributed by atoms with Crippen LogP contribution < -0.4 is 9.47 Å². The third kappa shape index (κ3) is 3.86. The summed E-state index contributed by atoms with van der Waals surface area (Å²) in [6.07, 6.45) is 8.42. The first kappa shape index (κ1) is 18.5. The van der Waals surface area contributed by atoms with Gasteiger partial charge in [0.25, 0.3) is 0 Å². The van der Waals surface area contributed by atoms with Gasteiger partial charge in [0, 0.05) is 23.7 Å². The van der Waals surface area contributed by atoms with Gasteiger partial charge in [0.2, 0.25) is 0 Å². The topological polar surface area (TPSA) is 60.0 Å².